The maximum absolute atomic E-state index is 13.4. The zero-order chi connectivity index (χ0) is 20.1. The topological polar surface area (TPSA) is 70.4 Å². The highest BCUT2D eigenvalue weighted by Gasteiger charge is 2.44. The average Bonchev–Trinajstić information content (AvgIpc) is 3.27. The number of pyridine rings is 2. The number of benzene rings is 1. The van der Waals surface area contributed by atoms with Crippen LogP contribution in [0, 0.1) is 0 Å². The highest BCUT2D eigenvalue weighted by molar-refractivity contribution is 5.93. The Morgan fingerprint density at radius 3 is 2.69 bits per heavy atom. The molecule has 0 saturated heterocycles. The molecule has 2 aromatic heterocycles. The minimum atomic E-state index is -3.69. The molecule has 0 spiro atoms. The zero-order valence-corrected chi connectivity index (χ0v) is 15.3. The van der Waals surface area contributed by atoms with E-state index in [1.54, 1.807) is 4.57 Å². The Hall–Kier alpha value is -3.29. The molecule has 4 heterocycles. The maximum Gasteiger partial charge on any atom is 0.586 e. The molecule has 6 nitrogen and oxygen atoms in total. The molecule has 0 radical (unpaired) electrons. The minimum Gasteiger partial charge on any atom is -0.395 e. The number of hydrogen-bond donors (Lipinski definition) is 0. The normalized spacial score (nSPS) is 20.1. The molecule has 8 heteroatoms. The van der Waals surface area contributed by atoms with E-state index >= 15 is 0 Å². The van der Waals surface area contributed by atoms with E-state index < -0.39 is 6.29 Å². The first kappa shape index (κ1) is 16.6. The number of fused-ring (bicyclic) bond motifs is 6. The predicted molar refractivity (Wildman–Crippen MR) is 98.5 cm³/mol. The number of carbonyl (C=O) groups is 1. The lowest BCUT2D eigenvalue weighted by Gasteiger charge is -2.10. The lowest BCUT2D eigenvalue weighted by atomic mass is 9.97. The first-order valence-corrected chi connectivity index (χ1v) is 9.38. The third-order valence-electron chi connectivity index (χ3n) is 5.95. The fourth-order valence-electron chi connectivity index (χ4n) is 4.64. The Balaban J connectivity index is 1.55. The standard InChI is InChI=1S/C21H14F2N2O4/c1-2-11-12-5-15-19-10(8-25(15)20(27)13(12)6-16(11)26)3-9-4-17-18(7-14(9)24-19)29-21(22,23)28-17/h3-5,7,11H,2,6,8H2,1H3. The van der Waals surface area contributed by atoms with Crippen LogP contribution in [-0.4, -0.2) is 21.6 Å². The number of aromatic nitrogens is 2. The monoisotopic (exact) mass is 396 g/mol. The van der Waals surface area contributed by atoms with E-state index in [1.807, 2.05) is 19.1 Å². The third-order valence-corrected chi connectivity index (χ3v) is 5.95. The summed E-state index contributed by atoms with van der Waals surface area (Å²) in [6.07, 6.45) is -2.87. The summed E-state index contributed by atoms with van der Waals surface area (Å²) in [5, 5.41) is 0.624. The number of Topliss-reactive ketones (excluding diaryl/α,β-unsaturated/α-hetero) is 1. The van der Waals surface area contributed by atoms with Gasteiger partial charge in [-0.3, -0.25) is 9.59 Å². The van der Waals surface area contributed by atoms with Crippen molar-refractivity contribution in [1.29, 1.82) is 0 Å². The Labute approximate surface area is 162 Å². The van der Waals surface area contributed by atoms with Crippen molar-refractivity contribution in [2.75, 3.05) is 0 Å². The molecule has 1 unspecified atom stereocenters. The molecular weight excluding hydrogens is 382 g/mol. The van der Waals surface area contributed by atoms with E-state index in [-0.39, 0.29) is 35.2 Å². The Morgan fingerprint density at radius 1 is 1.17 bits per heavy atom. The lowest BCUT2D eigenvalue weighted by Crippen LogP contribution is -2.25. The summed E-state index contributed by atoms with van der Waals surface area (Å²) < 4.78 is 37.4. The quantitative estimate of drug-likeness (QED) is 0.493. The molecule has 2 aliphatic heterocycles. The first-order valence-electron chi connectivity index (χ1n) is 9.38. The predicted octanol–water partition coefficient (Wildman–Crippen LogP) is 3.37. The second-order valence-corrected chi connectivity index (χ2v) is 7.61. The summed E-state index contributed by atoms with van der Waals surface area (Å²) in [5.74, 6) is -0.301. The molecule has 0 amide bonds. The average molecular weight is 396 g/mol. The van der Waals surface area contributed by atoms with Crippen LogP contribution in [0.25, 0.3) is 22.3 Å². The van der Waals surface area contributed by atoms with Crippen LogP contribution in [0.5, 0.6) is 11.5 Å². The summed E-state index contributed by atoms with van der Waals surface area (Å²) in [7, 11) is 0. The van der Waals surface area contributed by atoms with E-state index in [1.165, 1.54) is 12.1 Å². The summed E-state index contributed by atoms with van der Waals surface area (Å²) in [6.45, 7) is 2.26. The van der Waals surface area contributed by atoms with Crippen molar-refractivity contribution in [3.63, 3.8) is 0 Å². The molecule has 3 aliphatic rings. The highest BCUT2D eigenvalue weighted by atomic mass is 19.3. The number of ether oxygens (including phenoxy) is 2. The van der Waals surface area contributed by atoms with E-state index in [9.17, 15) is 18.4 Å². The molecule has 29 heavy (non-hydrogen) atoms. The van der Waals surface area contributed by atoms with Gasteiger partial charge in [0.05, 0.1) is 23.4 Å². The molecule has 1 aliphatic carbocycles. The van der Waals surface area contributed by atoms with Gasteiger partial charge in [-0.2, -0.15) is 0 Å². The van der Waals surface area contributed by atoms with Gasteiger partial charge < -0.3 is 14.0 Å². The summed E-state index contributed by atoms with van der Waals surface area (Å²) in [6, 6.07) is 6.61. The fraction of sp³-hybridized carbons (Fsp3) is 0.286. The Bertz CT molecular complexity index is 1330. The smallest absolute Gasteiger partial charge is 0.395 e. The third kappa shape index (κ3) is 2.17. The lowest BCUT2D eigenvalue weighted by molar-refractivity contribution is -0.286. The van der Waals surface area contributed by atoms with E-state index in [2.05, 4.69) is 14.5 Å². The molecule has 0 saturated carbocycles. The Morgan fingerprint density at radius 2 is 1.93 bits per heavy atom. The molecule has 0 fully saturated rings. The number of halogens is 2. The van der Waals surface area contributed by atoms with Crippen molar-refractivity contribution in [3.05, 3.63) is 51.3 Å². The maximum atomic E-state index is 13.4. The Kier molecular flexibility index (Phi) is 2.98. The van der Waals surface area contributed by atoms with Crippen molar-refractivity contribution in [1.82, 2.24) is 9.55 Å². The van der Waals surface area contributed by atoms with Gasteiger partial charge >= 0.3 is 6.29 Å². The molecule has 0 bridgehead atoms. The summed E-state index contributed by atoms with van der Waals surface area (Å²) >= 11 is 0. The van der Waals surface area contributed by atoms with Gasteiger partial charge in [0.15, 0.2) is 11.5 Å². The fourth-order valence-corrected chi connectivity index (χ4v) is 4.64. The molecule has 1 aromatic carbocycles. The van der Waals surface area contributed by atoms with Gasteiger partial charge in [-0.15, -0.1) is 8.78 Å². The van der Waals surface area contributed by atoms with Crippen LogP contribution in [0.3, 0.4) is 0 Å². The van der Waals surface area contributed by atoms with Gasteiger partial charge in [0, 0.05) is 34.9 Å². The molecule has 6 rings (SSSR count). The van der Waals surface area contributed by atoms with Crippen molar-refractivity contribution in [2.24, 2.45) is 0 Å². The SMILES string of the molecule is CCC1C(=O)Cc2c1cc1n(c2=O)Cc2cc3cc4c(cc3nc2-1)OC(F)(F)O4. The van der Waals surface area contributed by atoms with Crippen molar-refractivity contribution in [2.45, 2.75) is 38.5 Å². The van der Waals surface area contributed by atoms with Crippen LogP contribution < -0.4 is 15.0 Å². The van der Waals surface area contributed by atoms with Gasteiger partial charge in [-0.1, -0.05) is 6.92 Å². The summed E-state index contributed by atoms with van der Waals surface area (Å²) in [5.41, 5.74) is 3.77. The van der Waals surface area contributed by atoms with Crippen molar-refractivity contribution in [3.8, 4) is 22.9 Å². The van der Waals surface area contributed by atoms with Crippen LogP contribution in [0.2, 0.25) is 0 Å². The molecule has 3 aromatic rings. The van der Waals surface area contributed by atoms with Gasteiger partial charge in [0.1, 0.15) is 5.78 Å². The first-order chi connectivity index (χ1) is 13.8. The number of rotatable bonds is 1. The van der Waals surface area contributed by atoms with E-state index in [0.29, 0.717) is 40.8 Å². The number of carbonyl (C=O) groups excluding carboxylic acids is 1. The second-order valence-electron chi connectivity index (χ2n) is 7.61. The van der Waals surface area contributed by atoms with Gasteiger partial charge in [0.2, 0.25) is 0 Å². The molecule has 0 N–H and O–H groups in total. The van der Waals surface area contributed by atoms with Crippen LogP contribution in [0.1, 0.15) is 36.0 Å². The minimum absolute atomic E-state index is 0.0415. The molecule has 1 atom stereocenters. The number of hydrogen-bond acceptors (Lipinski definition) is 5. The van der Waals surface area contributed by atoms with Crippen LogP contribution in [0.15, 0.2) is 29.1 Å². The largest absolute Gasteiger partial charge is 0.586 e. The number of alkyl halides is 2. The van der Waals surface area contributed by atoms with Crippen LogP contribution in [0.4, 0.5) is 8.78 Å². The van der Waals surface area contributed by atoms with Crippen LogP contribution >= 0.6 is 0 Å². The number of ketones is 1. The van der Waals surface area contributed by atoms with Crippen LogP contribution in [-0.2, 0) is 17.8 Å². The van der Waals surface area contributed by atoms with Crippen molar-refractivity contribution < 1.29 is 23.0 Å². The molecular formula is C21H14F2N2O4. The number of nitrogens with zero attached hydrogens (tertiary/aromatic N) is 2. The highest BCUT2D eigenvalue weighted by Crippen LogP contribution is 2.44. The second kappa shape index (κ2) is 5.20. The summed E-state index contributed by atoms with van der Waals surface area (Å²) in [4.78, 5) is 29.9. The van der Waals surface area contributed by atoms with Gasteiger partial charge in [-0.25, -0.2) is 4.98 Å². The van der Waals surface area contributed by atoms with Gasteiger partial charge in [0.25, 0.3) is 5.56 Å². The zero-order valence-electron chi connectivity index (χ0n) is 15.3. The molecule has 146 valence electrons. The van der Waals surface area contributed by atoms with Crippen molar-refractivity contribution >= 4 is 16.7 Å². The van der Waals surface area contributed by atoms with E-state index in [4.69, 9.17) is 0 Å². The van der Waals surface area contributed by atoms with Gasteiger partial charge in [-0.05, 0) is 30.2 Å². The van der Waals surface area contributed by atoms with E-state index in [0.717, 1.165) is 11.1 Å².